The fraction of sp³-hybridized carbons (Fsp3) is 0.182. The Morgan fingerprint density at radius 3 is 2.71 bits per heavy atom. The number of oxazole rings is 1. The fourth-order valence-electron chi connectivity index (χ4n) is 3.25. The van der Waals surface area contributed by atoms with Crippen LogP contribution >= 0.6 is 11.3 Å². The average Bonchev–Trinajstić information content (AvgIpc) is 3.37. The zero-order chi connectivity index (χ0) is 19.5. The number of hydrogen-bond donors (Lipinski definition) is 1. The first kappa shape index (κ1) is 18.2. The first-order valence-corrected chi connectivity index (χ1v) is 9.88. The van der Waals surface area contributed by atoms with Gasteiger partial charge in [0.2, 0.25) is 17.5 Å². The minimum absolute atomic E-state index is 0.178. The average molecular weight is 388 g/mol. The summed E-state index contributed by atoms with van der Waals surface area (Å²) >= 11 is 1.72. The standard InChI is InChI=1S/C22H20N4OS/c1-26(2)19(20-11-6-12-28-20)14-24-22-18(13-23)25-21(27-22)17-10-5-8-15-7-3-4-9-16(15)17/h3-12,19,24H,14H2,1-2H3. The van der Waals surface area contributed by atoms with E-state index < -0.39 is 0 Å². The molecule has 0 fully saturated rings. The van der Waals surface area contributed by atoms with Crippen molar-refractivity contribution in [3.8, 4) is 17.5 Å². The van der Waals surface area contributed by atoms with Crippen molar-refractivity contribution in [1.82, 2.24) is 9.88 Å². The molecule has 2 aromatic heterocycles. The summed E-state index contributed by atoms with van der Waals surface area (Å²) in [4.78, 5) is 7.83. The van der Waals surface area contributed by atoms with Gasteiger partial charge < -0.3 is 14.6 Å². The topological polar surface area (TPSA) is 65.1 Å². The smallest absolute Gasteiger partial charge is 0.232 e. The van der Waals surface area contributed by atoms with E-state index in [1.807, 2.05) is 50.5 Å². The van der Waals surface area contributed by atoms with Crippen molar-refractivity contribution in [2.45, 2.75) is 6.04 Å². The van der Waals surface area contributed by atoms with Crippen LogP contribution in [-0.2, 0) is 0 Å². The minimum Gasteiger partial charge on any atom is -0.419 e. The summed E-state index contributed by atoms with van der Waals surface area (Å²) in [6.07, 6.45) is 0. The lowest BCUT2D eigenvalue weighted by molar-refractivity contribution is 0.315. The highest BCUT2D eigenvalue weighted by Crippen LogP contribution is 2.32. The second-order valence-electron chi connectivity index (χ2n) is 6.71. The Labute approximate surface area is 167 Å². The van der Waals surface area contributed by atoms with Crippen LogP contribution in [0.2, 0.25) is 0 Å². The molecule has 140 valence electrons. The van der Waals surface area contributed by atoms with E-state index >= 15 is 0 Å². The molecule has 0 spiro atoms. The molecule has 2 aromatic carbocycles. The van der Waals surface area contributed by atoms with Crippen LogP contribution in [0.4, 0.5) is 5.88 Å². The van der Waals surface area contributed by atoms with Crippen molar-refractivity contribution in [2.75, 3.05) is 26.0 Å². The number of aromatic nitrogens is 1. The molecule has 0 saturated carbocycles. The van der Waals surface area contributed by atoms with Gasteiger partial charge in [-0.1, -0.05) is 42.5 Å². The molecule has 5 nitrogen and oxygen atoms in total. The van der Waals surface area contributed by atoms with Gasteiger partial charge in [-0.3, -0.25) is 0 Å². The molecule has 1 unspecified atom stereocenters. The van der Waals surface area contributed by atoms with Gasteiger partial charge in [-0.15, -0.1) is 11.3 Å². The molecule has 2 heterocycles. The van der Waals surface area contributed by atoms with E-state index in [1.165, 1.54) is 4.88 Å². The summed E-state index contributed by atoms with van der Waals surface area (Å²) in [5, 5.41) is 17.0. The van der Waals surface area contributed by atoms with Crippen molar-refractivity contribution in [3.63, 3.8) is 0 Å². The van der Waals surface area contributed by atoms with Crippen LogP contribution < -0.4 is 5.32 Å². The maximum Gasteiger partial charge on any atom is 0.232 e. The Balaban J connectivity index is 1.64. The summed E-state index contributed by atoms with van der Waals surface area (Å²) in [5.41, 5.74) is 1.15. The molecule has 0 amide bonds. The quantitative estimate of drug-likeness (QED) is 0.495. The van der Waals surface area contributed by atoms with Crippen LogP contribution in [0.5, 0.6) is 0 Å². The molecule has 4 aromatic rings. The maximum absolute atomic E-state index is 9.53. The summed E-state index contributed by atoms with van der Waals surface area (Å²) in [6.45, 7) is 0.617. The maximum atomic E-state index is 9.53. The van der Waals surface area contributed by atoms with Crippen molar-refractivity contribution in [2.24, 2.45) is 0 Å². The van der Waals surface area contributed by atoms with E-state index in [0.717, 1.165) is 16.3 Å². The van der Waals surface area contributed by atoms with Gasteiger partial charge in [0.05, 0.1) is 6.04 Å². The van der Waals surface area contributed by atoms with Gasteiger partial charge in [0, 0.05) is 17.0 Å². The molecule has 6 heteroatoms. The first-order chi connectivity index (χ1) is 13.7. The van der Waals surface area contributed by atoms with Crippen LogP contribution in [0.3, 0.4) is 0 Å². The van der Waals surface area contributed by atoms with Crippen LogP contribution in [0.25, 0.3) is 22.2 Å². The van der Waals surface area contributed by atoms with Crippen molar-refractivity contribution in [1.29, 1.82) is 5.26 Å². The van der Waals surface area contributed by atoms with Gasteiger partial charge in [0.25, 0.3) is 0 Å². The van der Waals surface area contributed by atoms with Gasteiger partial charge in [-0.2, -0.15) is 10.2 Å². The van der Waals surface area contributed by atoms with Gasteiger partial charge in [0.1, 0.15) is 6.07 Å². The van der Waals surface area contributed by atoms with Crippen LogP contribution in [0.1, 0.15) is 16.6 Å². The van der Waals surface area contributed by atoms with Crippen molar-refractivity contribution in [3.05, 3.63) is 70.5 Å². The number of thiophene rings is 1. The van der Waals surface area contributed by atoms with Crippen molar-refractivity contribution < 1.29 is 4.42 Å². The molecule has 0 radical (unpaired) electrons. The fourth-order valence-corrected chi connectivity index (χ4v) is 4.17. The Bertz CT molecular complexity index is 1120. The number of nitrogens with zero attached hydrogens (tertiary/aromatic N) is 3. The third-order valence-electron chi connectivity index (χ3n) is 4.70. The molecular weight excluding hydrogens is 368 g/mol. The largest absolute Gasteiger partial charge is 0.419 e. The summed E-state index contributed by atoms with van der Waals surface area (Å²) < 4.78 is 5.99. The van der Waals surface area contributed by atoms with E-state index in [2.05, 4.69) is 44.8 Å². The van der Waals surface area contributed by atoms with Crippen LogP contribution in [0, 0.1) is 11.3 Å². The number of anilines is 1. The Hall–Kier alpha value is -3.14. The minimum atomic E-state index is 0.178. The molecule has 0 aliphatic heterocycles. The monoisotopic (exact) mass is 388 g/mol. The zero-order valence-electron chi connectivity index (χ0n) is 15.7. The molecule has 4 rings (SSSR count). The second kappa shape index (κ2) is 7.85. The number of rotatable bonds is 6. The number of likely N-dealkylation sites (N-methyl/N-ethyl adjacent to an activating group) is 1. The van der Waals surface area contributed by atoms with E-state index in [4.69, 9.17) is 4.42 Å². The van der Waals surface area contributed by atoms with Gasteiger partial charge in [-0.05, 0) is 42.4 Å². The molecule has 0 bridgehead atoms. The lowest BCUT2D eigenvalue weighted by atomic mass is 10.0. The Morgan fingerprint density at radius 1 is 1.14 bits per heavy atom. The molecule has 0 saturated heterocycles. The number of hydrogen-bond acceptors (Lipinski definition) is 6. The lowest BCUT2D eigenvalue weighted by Gasteiger charge is -2.23. The molecule has 1 N–H and O–H groups in total. The number of fused-ring (bicyclic) bond motifs is 1. The third-order valence-corrected chi connectivity index (χ3v) is 5.68. The SMILES string of the molecule is CN(C)C(CNc1oc(-c2cccc3ccccc23)nc1C#N)c1cccs1. The first-order valence-electron chi connectivity index (χ1n) is 9.00. The summed E-state index contributed by atoms with van der Waals surface area (Å²) in [5.74, 6) is 0.863. The highest BCUT2D eigenvalue weighted by atomic mass is 32.1. The highest BCUT2D eigenvalue weighted by molar-refractivity contribution is 7.10. The zero-order valence-corrected chi connectivity index (χ0v) is 16.5. The predicted octanol–water partition coefficient (Wildman–Crippen LogP) is 5.14. The molecule has 0 aliphatic carbocycles. The van der Waals surface area contributed by atoms with E-state index in [0.29, 0.717) is 18.3 Å². The number of nitrogens with one attached hydrogen (secondary N) is 1. The second-order valence-corrected chi connectivity index (χ2v) is 7.69. The molecule has 0 aliphatic rings. The number of nitriles is 1. The third kappa shape index (κ3) is 3.50. The normalized spacial score (nSPS) is 12.2. The summed E-state index contributed by atoms with van der Waals surface area (Å²) in [6, 6.07) is 20.5. The highest BCUT2D eigenvalue weighted by Gasteiger charge is 2.20. The molecule has 28 heavy (non-hydrogen) atoms. The summed E-state index contributed by atoms with van der Waals surface area (Å²) in [7, 11) is 4.08. The lowest BCUT2D eigenvalue weighted by Crippen LogP contribution is -2.26. The molecule has 1 atom stereocenters. The van der Waals surface area contributed by atoms with Gasteiger partial charge in [-0.25, -0.2) is 0 Å². The van der Waals surface area contributed by atoms with Crippen LogP contribution in [-0.4, -0.2) is 30.5 Å². The van der Waals surface area contributed by atoms with E-state index in [1.54, 1.807) is 11.3 Å². The van der Waals surface area contributed by atoms with Gasteiger partial charge >= 0.3 is 0 Å². The van der Waals surface area contributed by atoms with Crippen LogP contribution in [0.15, 0.2) is 64.4 Å². The van der Waals surface area contributed by atoms with Gasteiger partial charge in [0.15, 0.2) is 0 Å². The van der Waals surface area contributed by atoms with E-state index in [-0.39, 0.29) is 11.7 Å². The number of benzene rings is 2. The predicted molar refractivity (Wildman–Crippen MR) is 113 cm³/mol. The van der Waals surface area contributed by atoms with Crippen molar-refractivity contribution >= 4 is 28.0 Å². The Kier molecular flexibility index (Phi) is 5.11. The van der Waals surface area contributed by atoms with E-state index in [9.17, 15) is 5.26 Å². The molecular formula is C22H20N4OS. The Morgan fingerprint density at radius 2 is 1.96 bits per heavy atom.